The molecule has 0 bridgehead atoms. The number of halogens is 2. The van der Waals surface area contributed by atoms with Crippen molar-refractivity contribution in [2.45, 2.75) is 6.54 Å². The Morgan fingerprint density at radius 1 is 1.00 bits per heavy atom. The van der Waals surface area contributed by atoms with Crippen LogP contribution in [0.1, 0.15) is 16.1 Å². The highest BCUT2D eigenvalue weighted by Gasteiger charge is 2.23. The molecule has 4 rings (SSSR count). The number of nitrogens with zero attached hydrogens (tertiary/aromatic N) is 2. The van der Waals surface area contributed by atoms with Crippen molar-refractivity contribution in [3.05, 3.63) is 69.8 Å². The second-order valence-electron chi connectivity index (χ2n) is 6.57. The highest BCUT2D eigenvalue weighted by Crippen LogP contribution is 2.23. The van der Waals surface area contributed by atoms with E-state index < -0.39 is 0 Å². The maximum atomic E-state index is 12.8. The first-order valence-electron chi connectivity index (χ1n) is 8.63. The first-order valence-corrected chi connectivity index (χ1v) is 9.39. The van der Waals surface area contributed by atoms with Crippen LogP contribution in [0.4, 0.5) is 0 Å². The highest BCUT2D eigenvalue weighted by atomic mass is 35.5. The van der Waals surface area contributed by atoms with E-state index in [4.69, 9.17) is 23.2 Å². The zero-order valence-electron chi connectivity index (χ0n) is 14.2. The van der Waals surface area contributed by atoms with E-state index in [1.165, 1.54) is 0 Å². The number of hydrogen-bond donors (Lipinski definition) is 1. The van der Waals surface area contributed by atoms with Gasteiger partial charge in [-0.05, 0) is 29.8 Å². The molecule has 0 atom stereocenters. The third-order valence-corrected chi connectivity index (χ3v) is 5.42. The molecule has 0 unspecified atom stereocenters. The Labute approximate surface area is 162 Å². The van der Waals surface area contributed by atoms with Crippen LogP contribution in [0.15, 0.2) is 48.5 Å². The Kier molecular flexibility index (Phi) is 4.90. The van der Waals surface area contributed by atoms with E-state index in [0.29, 0.717) is 28.8 Å². The number of hydrogen-bond acceptors (Lipinski definition) is 2. The molecule has 1 saturated heterocycles. The number of aromatic nitrogens is 1. The van der Waals surface area contributed by atoms with E-state index >= 15 is 0 Å². The normalized spacial score (nSPS) is 15.5. The summed E-state index contributed by atoms with van der Waals surface area (Å²) in [4.78, 5) is 20.2. The van der Waals surface area contributed by atoms with E-state index in [-0.39, 0.29) is 5.91 Å². The van der Waals surface area contributed by atoms with Crippen molar-refractivity contribution >= 4 is 40.0 Å². The molecule has 1 fully saturated rings. The number of para-hydroxylation sites is 1. The van der Waals surface area contributed by atoms with Gasteiger partial charge in [-0.1, -0.05) is 47.5 Å². The molecule has 0 spiro atoms. The molecular weight excluding hydrogens is 369 g/mol. The zero-order chi connectivity index (χ0) is 18.1. The summed E-state index contributed by atoms with van der Waals surface area (Å²) in [6.07, 6.45) is 0. The van der Waals surface area contributed by atoms with Crippen LogP contribution in [-0.2, 0) is 6.54 Å². The van der Waals surface area contributed by atoms with Crippen LogP contribution in [-0.4, -0.2) is 46.9 Å². The molecule has 1 aliphatic heterocycles. The van der Waals surface area contributed by atoms with Gasteiger partial charge in [-0.3, -0.25) is 9.69 Å². The van der Waals surface area contributed by atoms with Crippen LogP contribution in [0, 0.1) is 0 Å². The van der Waals surface area contributed by atoms with Crippen molar-refractivity contribution in [1.29, 1.82) is 0 Å². The van der Waals surface area contributed by atoms with E-state index in [2.05, 4.69) is 9.88 Å². The van der Waals surface area contributed by atoms with Crippen LogP contribution >= 0.6 is 23.2 Å². The Hall–Kier alpha value is -2.01. The first-order chi connectivity index (χ1) is 12.6. The Morgan fingerprint density at radius 3 is 2.50 bits per heavy atom. The number of H-pyrrole nitrogens is 1. The van der Waals surface area contributed by atoms with E-state index in [1.54, 1.807) is 6.07 Å². The number of piperazine rings is 1. The van der Waals surface area contributed by atoms with Gasteiger partial charge in [0.2, 0.25) is 0 Å². The molecule has 3 aromatic rings. The molecule has 0 saturated carbocycles. The van der Waals surface area contributed by atoms with Crippen LogP contribution in [0.25, 0.3) is 10.9 Å². The summed E-state index contributed by atoms with van der Waals surface area (Å²) in [5, 5.41) is 2.40. The minimum atomic E-state index is 0.0605. The Bertz CT molecular complexity index is 912. The van der Waals surface area contributed by atoms with Gasteiger partial charge in [0.1, 0.15) is 5.69 Å². The lowest BCUT2D eigenvalue weighted by atomic mass is 10.2. The molecule has 26 heavy (non-hydrogen) atoms. The fourth-order valence-corrected chi connectivity index (χ4v) is 3.83. The van der Waals surface area contributed by atoms with Gasteiger partial charge in [0.15, 0.2) is 0 Å². The fraction of sp³-hybridized carbons (Fsp3) is 0.250. The van der Waals surface area contributed by atoms with E-state index in [0.717, 1.165) is 36.1 Å². The van der Waals surface area contributed by atoms with Crippen molar-refractivity contribution < 1.29 is 4.79 Å². The molecule has 0 aliphatic carbocycles. The van der Waals surface area contributed by atoms with Crippen molar-refractivity contribution in [3.8, 4) is 0 Å². The third-order valence-electron chi connectivity index (χ3n) is 4.83. The van der Waals surface area contributed by atoms with Gasteiger partial charge in [-0.25, -0.2) is 0 Å². The summed E-state index contributed by atoms with van der Waals surface area (Å²) in [5.41, 5.74) is 2.71. The third kappa shape index (κ3) is 3.58. The quantitative estimate of drug-likeness (QED) is 0.721. The number of carbonyl (C=O) groups excluding carboxylic acids is 1. The number of benzene rings is 2. The maximum Gasteiger partial charge on any atom is 0.270 e. The minimum Gasteiger partial charge on any atom is -0.351 e. The lowest BCUT2D eigenvalue weighted by Gasteiger charge is -2.34. The summed E-state index contributed by atoms with van der Waals surface area (Å²) in [7, 11) is 0. The summed E-state index contributed by atoms with van der Waals surface area (Å²) in [6, 6.07) is 15.5. The highest BCUT2D eigenvalue weighted by molar-refractivity contribution is 6.35. The van der Waals surface area contributed by atoms with E-state index in [9.17, 15) is 4.79 Å². The average Bonchev–Trinajstić information content (AvgIpc) is 3.08. The maximum absolute atomic E-state index is 12.8. The Balaban J connectivity index is 1.39. The van der Waals surface area contributed by atoms with Crippen LogP contribution in [0.3, 0.4) is 0 Å². The molecular formula is C20H19Cl2N3O. The lowest BCUT2D eigenvalue weighted by Crippen LogP contribution is -2.48. The average molecular weight is 388 g/mol. The molecule has 4 nitrogen and oxygen atoms in total. The number of rotatable bonds is 3. The molecule has 0 radical (unpaired) electrons. The molecule has 1 aliphatic rings. The van der Waals surface area contributed by atoms with Crippen LogP contribution in [0.5, 0.6) is 0 Å². The summed E-state index contributed by atoms with van der Waals surface area (Å²) in [5.74, 6) is 0.0605. The SMILES string of the molecule is O=C(c1cc2ccccc2[nH]1)N1CCN(Cc2ccc(Cl)cc2Cl)CC1. The molecule has 1 N–H and O–H groups in total. The fourth-order valence-electron chi connectivity index (χ4n) is 3.36. The van der Waals surface area contributed by atoms with Gasteiger partial charge < -0.3 is 9.88 Å². The van der Waals surface area contributed by atoms with Gasteiger partial charge in [0.05, 0.1) is 0 Å². The smallest absolute Gasteiger partial charge is 0.270 e. The van der Waals surface area contributed by atoms with Gasteiger partial charge in [0, 0.05) is 53.7 Å². The van der Waals surface area contributed by atoms with Crippen LogP contribution in [0.2, 0.25) is 10.0 Å². The number of aromatic amines is 1. The van der Waals surface area contributed by atoms with E-state index in [1.807, 2.05) is 47.4 Å². The van der Waals surface area contributed by atoms with Crippen LogP contribution < -0.4 is 0 Å². The predicted octanol–water partition coefficient (Wildman–Crippen LogP) is 4.43. The molecule has 134 valence electrons. The Morgan fingerprint density at radius 2 is 1.77 bits per heavy atom. The summed E-state index contributed by atoms with van der Waals surface area (Å²) < 4.78 is 0. The monoisotopic (exact) mass is 387 g/mol. The number of carbonyl (C=O) groups is 1. The minimum absolute atomic E-state index is 0.0605. The van der Waals surface area contributed by atoms with Crippen molar-refractivity contribution in [2.75, 3.05) is 26.2 Å². The first kappa shape index (κ1) is 17.4. The second-order valence-corrected chi connectivity index (χ2v) is 7.42. The standard InChI is InChI=1S/C20H19Cl2N3O/c21-16-6-5-15(17(22)12-16)13-24-7-9-25(10-8-24)20(26)19-11-14-3-1-2-4-18(14)23-19/h1-6,11-12,23H,7-10,13H2. The molecule has 2 aromatic carbocycles. The number of nitrogens with one attached hydrogen (secondary N) is 1. The lowest BCUT2D eigenvalue weighted by molar-refractivity contribution is 0.0623. The summed E-state index contributed by atoms with van der Waals surface area (Å²) in [6.45, 7) is 3.83. The molecule has 1 amide bonds. The van der Waals surface area contributed by atoms with Crippen molar-refractivity contribution in [3.63, 3.8) is 0 Å². The van der Waals surface area contributed by atoms with Gasteiger partial charge in [0.25, 0.3) is 5.91 Å². The summed E-state index contributed by atoms with van der Waals surface area (Å²) >= 11 is 12.2. The van der Waals surface area contributed by atoms with Gasteiger partial charge >= 0.3 is 0 Å². The number of amides is 1. The second kappa shape index (κ2) is 7.31. The predicted molar refractivity (Wildman–Crippen MR) is 106 cm³/mol. The largest absolute Gasteiger partial charge is 0.351 e. The van der Waals surface area contributed by atoms with Gasteiger partial charge in [-0.15, -0.1) is 0 Å². The van der Waals surface area contributed by atoms with Crippen molar-refractivity contribution in [2.24, 2.45) is 0 Å². The van der Waals surface area contributed by atoms with Gasteiger partial charge in [-0.2, -0.15) is 0 Å². The topological polar surface area (TPSA) is 39.3 Å². The molecule has 6 heteroatoms. The molecule has 2 heterocycles. The number of fused-ring (bicyclic) bond motifs is 1. The molecule has 1 aromatic heterocycles. The van der Waals surface area contributed by atoms with Crippen molar-refractivity contribution in [1.82, 2.24) is 14.8 Å². The zero-order valence-corrected chi connectivity index (χ0v) is 15.7.